The van der Waals surface area contributed by atoms with E-state index < -0.39 is 0 Å². The van der Waals surface area contributed by atoms with Crippen LogP contribution in [0.4, 0.5) is 0 Å². The number of quaternary nitrogens is 2. The molecule has 2 N–H and O–H groups in total. The first-order chi connectivity index (χ1) is 10.8. The molecule has 2 aromatic rings. The van der Waals surface area contributed by atoms with Gasteiger partial charge in [0.25, 0.3) is 0 Å². The molecule has 3 rings (SSSR count). The topological polar surface area (TPSA) is 26.0 Å². The summed E-state index contributed by atoms with van der Waals surface area (Å²) in [6.45, 7) is 6.18. The average Bonchev–Trinajstić information content (AvgIpc) is 2.58. The molecule has 1 heterocycles. The Morgan fingerprint density at radius 3 is 1.95 bits per heavy atom. The van der Waals surface area contributed by atoms with E-state index >= 15 is 0 Å². The van der Waals surface area contributed by atoms with E-state index in [-0.39, 0.29) is 5.78 Å². The van der Waals surface area contributed by atoms with Gasteiger partial charge in [-0.3, -0.25) is 4.79 Å². The normalized spacial score (nSPS) is 21.5. The fraction of sp³-hybridized carbons (Fsp3) is 0.316. The van der Waals surface area contributed by atoms with Gasteiger partial charge in [-0.1, -0.05) is 60.7 Å². The highest BCUT2D eigenvalue weighted by Crippen LogP contribution is 1.98. The second-order valence-corrected chi connectivity index (χ2v) is 6.13. The molecule has 1 aliphatic heterocycles. The zero-order valence-corrected chi connectivity index (χ0v) is 12.9. The van der Waals surface area contributed by atoms with Gasteiger partial charge in [0.2, 0.25) is 5.78 Å². The van der Waals surface area contributed by atoms with Crippen molar-refractivity contribution in [2.45, 2.75) is 6.54 Å². The van der Waals surface area contributed by atoms with Crippen LogP contribution in [0.1, 0.15) is 15.9 Å². The maximum absolute atomic E-state index is 12.3. The zero-order valence-electron chi connectivity index (χ0n) is 12.9. The average molecular weight is 296 g/mol. The number of hydrogen-bond acceptors (Lipinski definition) is 1. The third-order valence-electron chi connectivity index (χ3n) is 4.47. The van der Waals surface area contributed by atoms with Gasteiger partial charge in [0.05, 0.1) is 0 Å². The van der Waals surface area contributed by atoms with Gasteiger partial charge < -0.3 is 9.80 Å². The molecule has 0 radical (unpaired) electrons. The predicted molar refractivity (Wildman–Crippen MR) is 87.2 cm³/mol. The van der Waals surface area contributed by atoms with Gasteiger partial charge in [0.15, 0.2) is 0 Å². The van der Waals surface area contributed by atoms with Crippen molar-refractivity contribution >= 4 is 5.78 Å². The first-order valence-corrected chi connectivity index (χ1v) is 8.10. The summed E-state index contributed by atoms with van der Waals surface area (Å²) in [5.74, 6) is 0.266. The van der Waals surface area contributed by atoms with E-state index in [1.54, 1.807) is 4.90 Å². The number of piperazine rings is 1. The van der Waals surface area contributed by atoms with Crippen LogP contribution in [-0.2, 0) is 6.54 Å². The Bertz CT molecular complexity index is 589. The van der Waals surface area contributed by atoms with Gasteiger partial charge in [0.1, 0.15) is 39.3 Å². The number of carbonyl (C=O) groups is 1. The van der Waals surface area contributed by atoms with Crippen molar-refractivity contribution in [2.75, 3.05) is 32.7 Å². The van der Waals surface area contributed by atoms with E-state index in [1.807, 2.05) is 30.3 Å². The minimum atomic E-state index is 0.266. The minimum absolute atomic E-state index is 0.266. The van der Waals surface area contributed by atoms with E-state index in [4.69, 9.17) is 0 Å². The van der Waals surface area contributed by atoms with Crippen LogP contribution in [-0.4, -0.2) is 38.5 Å². The van der Waals surface area contributed by atoms with Gasteiger partial charge in [0, 0.05) is 11.1 Å². The monoisotopic (exact) mass is 296 g/mol. The Kier molecular flexibility index (Phi) is 4.99. The molecule has 0 unspecified atom stereocenters. The molecule has 0 amide bonds. The molecular weight excluding hydrogens is 272 g/mol. The molecule has 22 heavy (non-hydrogen) atoms. The van der Waals surface area contributed by atoms with Crippen molar-refractivity contribution in [1.29, 1.82) is 0 Å². The van der Waals surface area contributed by atoms with Crippen LogP contribution in [0.5, 0.6) is 0 Å². The minimum Gasteiger partial charge on any atom is -0.322 e. The van der Waals surface area contributed by atoms with Gasteiger partial charge in [-0.25, -0.2) is 0 Å². The number of nitrogens with one attached hydrogen (secondary N) is 2. The smallest absolute Gasteiger partial charge is 0.216 e. The van der Waals surface area contributed by atoms with Crippen LogP contribution in [0.3, 0.4) is 0 Å². The number of Topliss-reactive ketones (excluding diaryl/α,β-unsaturated/α-hetero) is 1. The first-order valence-electron chi connectivity index (χ1n) is 8.10. The van der Waals surface area contributed by atoms with Crippen molar-refractivity contribution in [2.24, 2.45) is 0 Å². The van der Waals surface area contributed by atoms with E-state index in [1.165, 1.54) is 10.5 Å². The molecule has 2 aromatic carbocycles. The molecule has 0 bridgehead atoms. The lowest BCUT2D eigenvalue weighted by molar-refractivity contribution is -1.01. The largest absolute Gasteiger partial charge is 0.322 e. The summed E-state index contributed by atoms with van der Waals surface area (Å²) in [5, 5.41) is 0. The van der Waals surface area contributed by atoms with Crippen LogP contribution in [0.15, 0.2) is 60.7 Å². The highest BCUT2D eigenvalue weighted by Gasteiger charge is 2.25. The lowest BCUT2D eigenvalue weighted by Gasteiger charge is -2.29. The van der Waals surface area contributed by atoms with E-state index in [9.17, 15) is 4.79 Å². The van der Waals surface area contributed by atoms with E-state index in [0.717, 1.165) is 38.3 Å². The van der Waals surface area contributed by atoms with Crippen LogP contribution in [0.25, 0.3) is 0 Å². The van der Waals surface area contributed by atoms with Crippen molar-refractivity contribution in [3.8, 4) is 0 Å². The molecule has 1 saturated heterocycles. The SMILES string of the molecule is O=C(C[NH+]1CC[NH+](Cc2ccccc2)CC1)c1ccccc1. The lowest BCUT2D eigenvalue weighted by atomic mass is 10.1. The Morgan fingerprint density at radius 1 is 0.773 bits per heavy atom. The first kappa shape index (κ1) is 14.9. The molecule has 3 heteroatoms. The van der Waals surface area contributed by atoms with E-state index in [0.29, 0.717) is 6.54 Å². The summed E-state index contributed by atoms with van der Waals surface area (Å²) in [5.41, 5.74) is 2.25. The second kappa shape index (κ2) is 7.34. The Morgan fingerprint density at radius 2 is 1.32 bits per heavy atom. The van der Waals surface area contributed by atoms with Gasteiger partial charge in [-0.05, 0) is 0 Å². The highest BCUT2D eigenvalue weighted by atomic mass is 16.1. The third kappa shape index (κ3) is 4.03. The van der Waals surface area contributed by atoms with E-state index in [2.05, 4.69) is 30.3 Å². The van der Waals surface area contributed by atoms with Gasteiger partial charge in [-0.15, -0.1) is 0 Å². The Balaban J connectivity index is 1.47. The van der Waals surface area contributed by atoms with Crippen molar-refractivity contribution in [3.05, 3.63) is 71.8 Å². The predicted octanol–water partition coefficient (Wildman–Crippen LogP) is -0.147. The molecular formula is C19H24N2O+2. The molecule has 0 saturated carbocycles. The van der Waals surface area contributed by atoms with Gasteiger partial charge >= 0.3 is 0 Å². The summed E-state index contributed by atoms with van der Waals surface area (Å²) in [4.78, 5) is 15.3. The third-order valence-corrected chi connectivity index (χ3v) is 4.47. The second-order valence-electron chi connectivity index (χ2n) is 6.13. The Labute approximate surface area is 132 Å². The summed E-state index contributed by atoms with van der Waals surface area (Å²) in [7, 11) is 0. The fourth-order valence-corrected chi connectivity index (χ4v) is 3.15. The maximum Gasteiger partial charge on any atom is 0.216 e. The summed E-state index contributed by atoms with van der Waals surface area (Å²) >= 11 is 0. The standard InChI is InChI=1S/C19H22N2O/c22-19(18-9-5-2-6-10-18)16-21-13-11-20(12-14-21)15-17-7-3-1-4-8-17/h1-10H,11-16H2/p+2. The Hall–Kier alpha value is -1.97. The van der Waals surface area contributed by atoms with Crippen LogP contribution < -0.4 is 9.80 Å². The number of benzene rings is 2. The number of hydrogen-bond donors (Lipinski definition) is 2. The van der Waals surface area contributed by atoms with Crippen LogP contribution in [0.2, 0.25) is 0 Å². The zero-order chi connectivity index (χ0) is 15.2. The van der Waals surface area contributed by atoms with Crippen molar-refractivity contribution in [3.63, 3.8) is 0 Å². The summed E-state index contributed by atoms with van der Waals surface area (Å²) in [6, 6.07) is 20.3. The van der Waals surface area contributed by atoms with Crippen molar-refractivity contribution < 1.29 is 14.6 Å². The van der Waals surface area contributed by atoms with Crippen LogP contribution in [0, 0.1) is 0 Å². The molecule has 1 aliphatic rings. The highest BCUT2D eigenvalue weighted by molar-refractivity contribution is 5.96. The molecule has 0 aliphatic carbocycles. The summed E-state index contributed by atoms with van der Waals surface area (Å²) in [6.07, 6.45) is 0. The lowest BCUT2D eigenvalue weighted by Crippen LogP contribution is -3.27. The number of ketones is 1. The summed E-state index contributed by atoms with van der Waals surface area (Å²) < 4.78 is 0. The van der Waals surface area contributed by atoms with Crippen LogP contribution >= 0.6 is 0 Å². The number of carbonyl (C=O) groups excluding carboxylic acids is 1. The molecule has 1 fully saturated rings. The molecule has 0 spiro atoms. The number of rotatable bonds is 5. The quantitative estimate of drug-likeness (QED) is 0.738. The molecule has 0 atom stereocenters. The maximum atomic E-state index is 12.3. The molecule has 114 valence electrons. The fourth-order valence-electron chi connectivity index (χ4n) is 3.15. The molecule has 3 nitrogen and oxygen atoms in total. The van der Waals surface area contributed by atoms with Gasteiger partial charge in [-0.2, -0.15) is 0 Å². The molecule has 0 aromatic heterocycles. The van der Waals surface area contributed by atoms with Crippen molar-refractivity contribution in [1.82, 2.24) is 0 Å².